The number of carbonyl (C=O) groups excluding carboxylic acids is 2. The highest BCUT2D eigenvalue weighted by atomic mass is 35.5. The first-order valence-corrected chi connectivity index (χ1v) is 13.5. The van der Waals surface area contributed by atoms with Gasteiger partial charge in [-0.05, 0) is 48.6 Å². The molecule has 1 aliphatic rings. The fourth-order valence-electron chi connectivity index (χ4n) is 3.91. The van der Waals surface area contributed by atoms with Crippen LogP contribution in [-0.2, 0) is 28.9 Å². The normalized spacial score (nSPS) is 14.8. The van der Waals surface area contributed by atoms with Crippen molar-refractivity contribution in [2.24, 2.45) is 5.10 Å². The van der Waals surface area contributed by atoms with Crippen LogP contribution in [0.4, 0.5) is 10.2 Å². The topological polar surface area (TPSA) is 99.6 Å². The highest BCUT2D eigenvalue weighted by Crippen LogP contribution is 2.28. The molecule has 1 aliphatic heterocycles. The maximum Gasteiger partial charge on any atom is 0.230 e. The van der Waals surface area contributed by atoms with Crippen LogP contribution < -0.4 is 10.6 Å². The molecule has 1 unspecified atom stereocenters. The average Bonchev–Trinajstić information content (AvgIpc) is 3.24. The molecular formula is C27H28ClFN6O2S. The highest BCUT2D eigenvalue weighted by Gasteiger charge is 2.25. The third-order valence-corrected chi connectivity index (χ3v) is 7.38. The van der Waals surface area contributed by atoms with E-state index in [9.17, 15) is 14.0 Å². The van der Waals surface area contributed by atoms with Crippen LogP contribution in [0.5, 0.6) is 0 Å². The van der Waals surface area contributed by atoms with Crippen LogP contribution in [0.1, 0.15) is 36.1 Å². The number of hydrazone groups is 1. The summed E-state index contributed by atoms with van der Waals surface area (Å²) >= 11 is 7.27. The first-order chi connectivity index (χ1) is 18.4. The number of aryl methyl sites for hydroxylation is 1. The Morgan fingerprint density at radius 2 is 1.76 bits per heavy atom. The van der Waals surface area contributed by atoms with Gasteiger partial charge in [0.05, 0.1) is 28.9 Å². The van der Waals surface area contributed by atoms with E-state index in [1.165, 1.54) is 17.8 Å². The van der Waals surface area contributed by atoms with Crippen molar-refractivity contribution in [3.8, 4) is 0 Å². The Labute approximate surface area is 230 Å². The Balaban J connectivity index is 1.14. The second-order valence-electron chi connectivity index (χ2n) is 8.86. The van der Waals surface area contributed by atoms with Crippen molar-refractivity contribution in [3.05, 3.63) is 88.3 Å². The number of carbonyl (C=O) groups is 2. The summed E-state index contributed by atoms with van der Waals surface area (Å²) in [5, 5.41) is 20.7. The van der Waals surface area contributed by atoms with Crippen LogP contribution in [0.25, 0.3) is 0 Å². The lowest BCUT2D eigenvalue weighted by molar-refractivity contribution is -0.119. The molecule has 1 atom stereocenters. The maximum atomic E-state index is 14.1. The van der Waals surface area contributed by atoms with Crippen molar-refractivity contribution in [1.29, 1.82) is 0 Å². The minimum atomic E-state index is -0.576. The van der Waals surface area contributed by atoms with Crippen molar-refractivity contribution in [3.63, 3.8) is 0 Å². The van der Waals surface area contributed by atoms with E-state index in [-0.39, 0.29) is 40.6 Å². The number of amides is 2. The number of amidine groups is 1. The van der Waals surface area contributed by atoms with E-state index >= 15 is 0 Å². The number of anilines is 1. The van der Waals surface area contributed by atoms with Crippen LogP contribution in [0.3, 0.4) is 0 Å². The lowest BCUT2D eigenvalue weighted by Gasteiger charge is -2.16. The molecule has 0 bridgehead atoms. The van der Waals surface area contributed by atoms with Gasteiger partial charge in [-0.3, -0.25) is 14.6 Å². The molecule has 0 fully saturated rings. The lowest BCUT2D eigenvalue weighted by Crippen LogP contribution is -2.29. The number of halogens is 2. The second kappa shape index (κ2) is 13.3. The largest absolute Gasteiger partial charge is 0.309 e. The number of unbranched alkanes of at least 4 members (excludes halogenated alkanes) is 1. The smallest absolute Gasteiger partial charge is 0.230 e. The molecule has 0 spiro atoms. The molecule has 8 nitrogen and oxygen atoms in total. The number of hydrogen-bond acceptors (Lipinski definition) is 7. The summed E-state index contributed by atoms with van der Waals surface area (Å²) in [4.78, 5) is 24.5. The molecular weight excluding hydrogens is 527 g/mol. The van der Waals surface area contributed by atoms with Crippen molar-refractivity contribution < 1.29 is 14.0 Å². The van der Waals surface area contributed by atoms with Crippen molar-refractivity contribution >= 4 is 46.2 Å². The Hall–Kier alpha value is -3.50. The molecule has 1 aromatic heterocycles. The summed E-state index contributed by atoms with van der Waals surface area (Å²) in [5.41, 5.74) is 2.04. The van der Waals surface area contributed by atoms with Gasteiger partial charge >= 0.3 is 0 Å². The van der Waals surface area contributed by atoms with Crippen LogP contribution in [0.15, 0.2) is 65.8 Å². The standard InChI is InChI=1S/C27H28ClFN6O2S/c1-35-25(38-27(34-35)31-24(37)17-19-10-7-12-21(28)26(19)29)13-6-5-11-20-14-15-22(33-32-20)30-23(36)16-18-8-3-2-4-9-18/h2-4,7-10,12,14-15,25H,5-6,11,13,16-17H2,1H3,(H,30,33,36)(H,31,34,37). The van der Waals surface area contributed by atoms with E-state index < -0.39 is 5.82 Å². The Morgan fingerprint density at radius 3 is 2.53 bits per heavy atom. The van der Waals surface area contributed by atoms with Crippen LogP contribution in [0.2, 0.25) is 5.02 Å². The number of hydrogen-bond donors (Lipinski definition) is 2. The van der Waals surface area contributed by atoms with Gasteiger partial charge in [-0.2, -0.15) is 10.2 Å². The molecule has 0 saturated heterocycles. The molecule has 0 saturated carbocycles. The lowest BCUT2D eigenvalue weighted by atomic mass is 10.1. The number of aromatic nitrogens is 2. The molecule has 0 radical (unpaired) electrons. The van der Waals surface area contributed by atoms with E-state index in [1.807, 2.05) is 48.5 Å². The molecule has 11 heteroatoms. The van der Waals surface area contributed by atoms with Crippen LogP contribution in [0, 0.1) is 5.82 Å². The predicted octanol–water partition coefficient (Wildman–Crippen LogP) is 4.80. The summed E-state index contributed by atoms with van der Waals surface area (Å²) in [6.07, 6.45) is 3.65. The zero-order chi connectivity index (χ0) is 26.9. The number of nitrogens with zero attached hydrogens (tertiary/aromatic N) is 4. The van der Waals surface area contributed by atoms with Crippen molar-refractivity contribution in [2.75, 3.05) is 12.4 Å². The third kappa shape index (κ3) is 8.00. The first-order valence-electron chi connectivity index (χ1n) is 12.2. The summed E-state index contributed by atoms with van der Waals surface area (Å²) in [6.45, 7) is 0. The molecule has 4 rings (SSSR count). The first kappa shape index (κ1) is 27.5. The van der Waals surface area contributed by atoms with Gasteiger partial charge in [0.25, 0.3) is 0 Å². The van der Waals surface area contributed by atoms with Gasteiger partial charge in [-0.1, -0.05) is 72.2 Å². The van der Waals surface area contributed by atoms with Gasteiger partial charge in [0.2, 0.25) is 11.8 Å². The van der Waals surface area contributed by atoms with E-state index in [2.05, 4.69) is 25.9 Å². The van der Waals surface area contributed by atoms with Gasteiger partial charge in [0, 0.05) is 7.05 Å². The van der Waals surface area contributed by atoms with Crippen LogP contribution in [-0.4, -0.2) is 44.6 Å². The molecule has 2 heterocycles. The SMILES string of the molecule is CN1N=C(NC(=O)Cc2cccc(Cl)c2F)SC1CCCCc1ccc(NC(=O)Cc2ccccc2)nn1. The molecule has 2 amide bonds. The quantitative estimate of drug-likeness (QED) is 0.349. The van der Waals surface area contributed by atoms with Crippen molar-refractivity contribution in [1.82, 2.24) is 20.5 Å². The third-order valence-electron chi connectivity index (χ3n) is 5.87. The molecule has 3 aromatic rings. The number of rotatable bonds is 10. The van der Waals surface area contributed by atoms with Crippen LogP contribution >= 0.6 is 23.4 Å². The van der Waals surface area contributed by atoms with Crippen molar-refractivity contribution in [2.45, 2.75) is 43.9 Å². The van der Waals surface area contributed by atoms with Gasteiger partial charge in [0.1, 0.15) is 5.82 Å². The minimum Gasteiger partial charge on any atom is -0.309 e. The Bertz CT molecular complexity index is 1290. The maximum absolute atomic E-state index is 14.1. The van der Waals surface area contributed by atoms with E-state index in [1.54, 1.807) is 18.2 Å². The minimum absolute atomic E-state index is 0.00444. The van der Waals surface area contributed by atoms with E-state index in [0.29, 0.717) is 11.0 Å². The molecule has 0 aliphatic carbocycles. The van der Waals surface area contributed by atoms with E-state index in [4.69, 9.17) is 11.6 Å². The molecule has 198 valence electrons. The zero-order valence-electron chi connectivity index (χ0n) is 20.9. The molecule has 2 aromatic carbocycles. The second-order valence-corrected chi connectivity index (χ2v) is 10.4. The fourth-order valence-corrected chi connectivity index (χ4v) is 5.20. The monoisotopic (exact) mass is 554 g/mol. The fraction of sp³-hybridized carbons (Fsp3) is 0.296. The van der Waals surface area contributed by atoms with Gasteiger partial charge < -0.3 is 10.6 Å². The summed E-state index contributed by atoms with van der Waals surface area (Å²) in [6, 6.07) is 17.8. The summed E-state index contributed by atoms with van der Waals surface area (Å²) in [5.74, 6) is -0.619. The zero-order valence-corrected chi connectivity index (χ0v) is 22.4. The average molecular weight is 555 g/mol. The number of benzene rings is 2. The Kier molecular flexibility index (Phi) is 9.67. The summed E-state index contributed by atoms with van der Waals surface area (Å²) in [7, 11) is 1.86. The number of nitrogens with one attached hydrogen (secondary N) is 2. The Morgan fingerprint density at radius 1 is 0.974 bits per heavy atom. The molecule has 38 heavy (non-hydrogen) atoms. The number of thioether (sulfide) groups is 1. The predicted molar refractivity (Wildman–Crippen MR) is 148 cm³/mol. The highest BCUT2D eigenvalue weighted by molar-refractivity contribution is 8.14. The van der Waals surface area contributed by atoms with Gasteiger partial charge in [-0.15, -0.1) is 5.10 Å². The van der Waals surface area contributed by atoms with E-state index in [0.717, 1.165) is 36.9 Å². The van der Waals surface area contributed by atoms with Gasteiger partial charge in [-0.25, -0.2) is 4.39 Å². The molecule has 2 N–H and O–H groups in total. The van der Waals surface area contributed by atoms with Gasteiger partial charge in [0.15, 0.2) is 11.0 Å². The summed E-state index contributed by atoms with van der Waals surface area (Å²) < 4.78 is 14.1.